The maximum absolute atomic E-state index is 16.7. The van der Waals surface area contributed by atoms with Gasteiger partial charge in [0.2, 0.25) is 0 Å². The normalized spacial score (nSPS) is 14.8. The molecule has 2 nitrogen and oxygen atoms in total. The molecule has 4 aromatic rings. The molecule has 2 heterocycles. The van der Waals surface area contributed by atoms with Crippen molar-refractivity contribution in [2.75, 3.05) is 0 Å². The SMILES string of the molecule is Fc1cc(F)[c]([Ti]([C]2=CC=CC2)([C]2=CC=CC2)[c]2c(F)cc(F)c(-n3cccc3)c2F)c(F)c1-n1cccc1. The molecule has 0 saturated carbocycles. The van der Waals surface area contributed by atoms with Gasteiger partial charge in [0, 0.05) is 0 Å². The molecule has 0 spiro atoms. The van der Waals surface area contributed by atoms with E-state index in [1.165, 1.54) is 24.8 Å². The van der Waals surface area contributed by atoms with Gasteiger partial charge in [-0.05, 0) is 0 Å². The van der Waals surface area contributed by atoms with Crippen molar-refractivity contribution in [1.29, 1.82) is 0 Å². The molecule has 2 aliphatic carbocycles. The monoisotopic (exact) mass is 570 g/mol. The summed E-state index contributed by atoms with van der Waals surface area (Å²) < 4.78 is 97.9. The molecule has 2 aromatic heterocycles. The van der Waals surface area contributed by atoms with Gasteiger partial charge >= 0.3 is 224 Å². The molecule has 2 aromatic carbocycles. The number of benzene rings is 2. The maximum atomic E-state index is 16.7. The van der Waals surface area contributed by atoms with E-state index in [4.69, 9.17) is 0 Å². The zero-order chi connectivity index (χ0) is 27.3. The minimum absolute atomic E-state index is 0.182. The van der Waals surface area contributed by atoms with Gasteiger partial charge in [-0.15, -0.1) is 0 Å². The van der Waals surface area contributed by atoms with Crippen molar-refractivity contribution in [3.63, 3.8) is 0 Å². The van der Waals surface area contributed by atoms with E-state index in [0.717, 1.165) is 9.13 Å². The zero-order valence-electron chi connectivity index (χ0n) is 20.3. The van der Waals surface area contributed by atoms with Crippen LogP contribution in [0.25, 0.3) is 11.4 Å². The number of halogens is 6. The minimum atomic E-state index is -5.24. The second kappa shape index (κ2) is 9.77. The van der Waals surface area contributed by atoms with Gasteiger partial charge in [0.15, 0.2) is 0 Å². The first-order valence-electron chi connectivity index (χ1n) is 12.2. The van der Waals surface area contributed by atoms with E-state index in [1.807, 2.05) is 0 Å². The molecule has 0 bridgehead atoms. The molecule has 196 valence electrons. The first kappa shape index (κ1) is 25.5. The van der Waals surface area contributed by atoms with Gasteiger partial charge in [-0.25, -0.2) is 0 Å². The summed E-state index contributed by atoms with van der Waals surface area (Å²) in [5, 5.41) is 0. The van der Waals surface area contributed by atoms with Crippen molar-refractivity contribution >= 4 is 7.74 Å². The van der Waals surface area contributed by atoms with Crippen LogP contribution in [0, 0.1) is 34.9 Å². The van der Waals surface area contributed by atoms with Gasteiger partial charge < -0.3 is 0 Å². The van der Waals surface area contributed by atoms with Crippen LogP contribution >= 0.6 is 0 Å². The summed E-state index contributed by atoms with van der Waals surface area (Å²) in [5.41, 5.74) is -1.11. The van der Waals surface area contributed by atoms with Crippen LogP contribution in [0.1, 0.15) is 12.8 Å². The fourth-order valence-corrected chi connectivity index (χ4v) is 13.9. The molecular weight excluding hydrogens is 550 g/mol. The average Bonchev–Trinajstić information content (AvgIpc) is 3.70. The van der Waals surface area contributed by atoms with Crippen molar-refractivity contribution in [2.45, 2.75) is 12.8 Å². The van der Waals surface area contributed by atoms with Crippen LogP contribution in [0.2, 0.25) is 0 Å². The van der Waals surface area contributed by atoms with E-state index in [-0.39, 0.29) is 12.8 Å². The predicted octanol–water partition coefficient (Wildman–Crippen LogP) is 6.89. The van der Waals surface area contributed by atoms with E-state index in [2.05, 4.69) is 0 Å². The van der Waals surface area contributed by atoms with E-state index in [9.17, 15) is 0 Å². The molecule has 9 heteroatoms. The Morgan fingerprint density at radius 1 is 0.538 bits per heavy atom. The van der Waals surface area contributed by atoms with Crippen molar-refractivity contribution < 1.29 is 42.9 Å². The summed E-state index contributed by atoms with van der Waals surface area (Å²) in [6, 6.07) is 7.31. The molecule has 0 N–H and O–H groups in total. The van der Waals surface area contributed by atoms with Crippen LogP contribution in [0.15, 0.2) is 105 Å². The Morgan fingerprint density at radius 2 is 0.923 bits per heavy atom. The van der Waals surface area contributed by atoms with E-state index in [0.29, 0.717) is 19.9 Å². The molecule has 0 atom stereocenters. The Bertz CT molecular complexity index is 1590. The van der Waals surface area contributed by atoms with Gasteiger partial charge in [0.25, 0.3) is 0 Å². The van der Waals surface area contributed by atoms with Crippen LogP contribution < -0.4 is 7.74 Å². The number of hydrogen-bond acceptors (Lipinski definition) is 0. The quantitative estimate of drug-likeness (QED) is 0.177. The van der Waals surface area contributed by atoms with Crippen LogP contribution in [0.4, 0.5) is 26.3 Å². The van der Waals surface area contributed by atoms with E-state index in [1.54, 1.807) is 60.7 Å². The molecule has 6 rings (SSSR count). The summed E-state index contributed by atoms with van der Waals surface area (Å²) in [4.78, 5) is 0. The summed E-state index contributed by atoms with van der Waals surface area (Å²) in [7, 11) is 0. The first-order chi connectivity index (χ1) is 18.9. The van der Waals surface area contributed by atoms with Gasteiger partial charge in [-0.3, -0.25) is 0 Å². The molecule has 0 unspecified atom stereocenters. The summed E-state index contributed by atoms with van der Waals surface area (Å²) in [5.74, 6) is -7.29. The second-order valence-corrected chi connectivity index (χ2v) is 15.2. The van der Waals surface area contributed by atoms with Gasteiger partial charge in [-0.2, -0.15) is 0 Å². The fraction of sp³-hybridized carbons (Fsp3) is 0.0667. The first-order valence-corrected chi connectivity index (χ1v) is 15.3. The van der Waals surface area contributed by atoms with E-state index < -0.39 is 70.6 Å². The van der Waals surface area contributed by atoms with Gasteiger partial charge in [0.1, 0.15) is 0 Å². The Morgan fingerprint density at radius 3 is 1.26 bits per heavy atom. The summed E-state index contributed by atoms with van der Waals surface area (Å²) in [6.07, 6.45) is 16.0. The molecular formula is C30H20F6N2Ti. The van der Waals surface area contributed by atoms with Crippen LogP contribution in [0.5, 0.6) is 0 Å². The van der Waals surface area contributed by atoms with Gasteiger partial charge in [-0.1, -0.05) is 0 Å². The van der Waals surface area contributed by atoms with Crippen molar-refractivity contribution in [2.24, 2.45) is 0 Å². The molecule has 0 amide bonds. The summed E-state index contributed by atoms with van der Waals surface area (Å²) >= 11 is -5.24. The van der Waals surface area contributed by atoms with E-state index >= 15 is 26.3 Å². The zero-order valence-corrected chi connectivity index (χ0v) is 21.9. The third-order valence-electron chi connectivity index (χ3n) is 7.27. The molecule has 2 aliphatic rings. The predicted molar refractivity (Wildman–Crippen MR) is 134 cm³/mol. The van der Waals surface area contributed by atoms with Crippen molar-refractivity contribution in [3.05, 3.63) is 140 Å². The second-order valence-electron chi connectivity index (χ2n) is 9.33. The Labute approximate surface area is 223 Å². The molecule has 39 heavy (non-hydrogen) atoms. The van der Waals surface area contributed by atoms with Gasteiger partial charge in [0.05, 0.1) is 0 Å². The van der Waals surface area contributed by atoms with Crippen LogP contribution in [-0.4, -0.2) is 9.13 Å². The third-order valence-corrected chi connectivity index (χ3v) is 15.2. The van der Waals surface area contributed by atoms with Crippen molar-refractivity contribution in [1.82, 2.24) is 9.13 Å². The number of allylic oxidation sites excluding steroid dienone is 8. The Balaban J connectivity index is 1.80. The fourth-order valence-electron chi connectivity index (χ4n) is 5.71. The topological polar surface area (TPSA) is 9.86 Å². The third kappa shape index (κ3) is 3.85. The molecule has 0 aliphatic heterocycles. The van der Waals surface area contributed by atoms with Crippen LogP contribution in [-0.2, 0) is 16.6 Å². The summed E-state index contributed by atoms with van der Waals surface area (Å²) in [6.45, 7) is 0. The number of hydrogen-bond donors (Lipinski definition) is 0. The Kier molecular flexibility index (Phi) is 6.40. The van der Waals surface area contributed by atoms with Crippen LogP contribution in [0.3, 0.4) is 0 Å². The molecule has 0 fully saturated rings. The van der Waals surface area contributed by atoms with Crippen molar-refractivity contribution in [3.8, 4) is 11.4 Å². The number of nitrogens with zero attached hydrogens (tertiary/aromatic N) is 2. The number of aromatic nitrogens is 2. The number of rotatable bonds is 6. The standard InChI is InChI=1S/2C10H5F3N.2C5H5.Ti/c2*11-7-5-8(12)10(9(13)6-7)14-3-1-2-4-14;2*1-2-4-5-3-1;/h2*1-5H;2*1-3H,4H2;. The Hall–Kier alpha value is -3.75. The molecule has 0 saturated heterocycles. The molecule has 0 radical (unpaired) electrons. The average molecular weight is 570 g/mol.